The van der Waals surface area contributed by atoms with Gasteiger partial charge in [0.25, 0.3) is 0 Å². The van der Waals surface area contributed by atoms with Gasteiger partial charge in [0.05, 0.1) is 20.2 Å². The molecule has 2 heterocycles. The summed E-state index contributed by atoms with van der Waals surface area (Å²) in [6.07, 6.45) is 2.12. The molecule has 0 bridgehead atoms. The second-order valence-electron chi connectivity index (χ2n) is 6.07. The van der Waals surface area contributed by atoms with Crippen molar-refractivity contribution in [2.75, 3.05) is 39.8 Å². The van der Waals surface area contributed by atoms with Gasteiger partial charge in [-0.05, 0) is 37.1 Å². The summed E-state index contributed by atoms with van der Waals surface area (Å²) in [7, 11) is 1.66. The Hall–Kier alpha value is -2.08. The SMILES string of the molecule is COc1cccc([C@H]2CCCN2CC(=O)N2CCNC(=O)C2)c1. The molecule has 23 heavy (non-hydrogen) atoms. The van der Waals surface area contributed by atoms with Gasteiger partial charge in [0, 0.05) is 19.1 Å². The molecule has 2 saturated heterocycles. The fraction of sp³-hybridized carbons (Fsp3) is 0.529. The van der Waals surface area contributed by atoms with Gasteiger partial charge in [-0.1, -0.05) is 12.1 Å². The van der Waals surface area contributed by atoms with E-state index < -0.39 is 0 Å². The molecule has 6 heteroatoms. The van der Waals surface area contributed by atoms with Crippen LogP contribution in [0.4, 0.5) is 0 Å². The van der Waals surface area contributed by atoms with Crippen LogP contribution in [0.3, 0.4) is 0 Å². The van der Waals surface area contributed by atoms with Crippen LogP contribution in [-0.2, 0) is 9.59 Å². The predicted molar refractivity (Wildman–Crippen MR) is 86.1 cm³/mol. The molecule has 6 nitrogen and oxygen atoms in total. The normalized spacial score (nSPS) is 22.0. The maximum atomic E-state index is 12.5. The molecule has 0 unspecified atom stereocenters. The minimum Gasteiger partial charge on any atom is -0.497 e. The molecule has 124 valence electrons. The predicted octanol–water partition coefficient (Wildman–Crippen LogP) is 0.791. The fourth-order valence-electron chi connectivity index (χ4n) is 3.37. The van der Waals surface area contributed by atoms with E-state index in [-0.39, 0.29) is 24.4 Å². The number of nitrogens with zero attached hydrogens (tertiary/aromatic N) is 2. The van der Waals surface area contributed by atoms with E-state index in [1.807, 2.05) is 18.2 Å². The number of benzene rings is 1. The summed E-state index contributed by atoms with van der Waals surface area (Å²) in [5.74, 6) is 0.804. The number of carbonyl (C=O) groups is 2. The van der Waals surface area contributed by atoms with Gasteiger partial charge in [-0.2, -0.15) is 0 Å². The maximum absolute atomic E-state index is 12.5. The number of likely N-dealkylation sites (tertiary alicyclic amines) is 1. The summed E-state index contributed by atoms with van der Waals surface area (Å²) in [5, 5.41) is 2.75. The number of carbonyl (C=O) groups excluding carboxylic acids is 2. The molecule has 0 saturated carbocycles. The molecule has 1 N–H and O–H groups in total. The summed E-state index contributed by atoms with van der Waals surface area (Å²) in [5.41, 5.74) is 1.19. The van der Waals surface area contributed by atoms with Crippen LogP contribution in [0.25, 0.3) is 0 Å². The molecular formula is C17H23N3O3. The van der Waals surface area contributed by atoms with Crippen LogP contribution in [0.1, 0.15) is 24.4 Å². The van der Waals surface area contributed by atoms with Gasteiger partial charge >= 0.3 is 0 Å². The Morgan fingerprint density at radius 2 is 2.26 bits per heavy atom. The lowest BCUT2D eigenvalue weighted by Crippen LogP contribution is -2.52. The van der Waals surface area contributed by atoms with Crippen LogP contribution < -0.4 is 10.1 Å². The highest BCUT2D eigenvalue weighted by Crippen LogP contribution is 2.33. The molecule has 0 spiro atoms. The minimum atomic E-state index is -0.0737. The van der Waals surface area contributed by atoms with E-state index in [0.29, 0.717) is 19.6 Å². The standard InChI is InChI=1S/C17H23N3O3/c1-23-14-5-2-4-13(10-14)15-6-3-8-19(15)12-17(22)20-9-7-18-16(21)11-20/h2,4-5,10,15H,3,6-9,11-12H2,1H3,(H,18,21)/t15-/m1/s1. The first-order valence-electron chi connectivity index (χ1n) is 8.10. The topological polar surface area (TPSA) is 61.9 Å². The Morgan fingerprint density at radius 3 is 3.04 bits per heavy atom. The van der Waals surface area contributed by atoms with Crippen molar-refractivity contribution in [2.45, 2.75) is 18.9 Å². The Kier molecular flexibility index (Phi) is 4.81. The Balaban J connectivity index is 1.66. The molecule has 0 radical (unpaired) electrons. The third-order valence-corrected chi connectivity index (χ3v) is 4.57. The van der Waals surface area contributed by atoms with Crippen molar-refractivity contribution in [3.8, 4) is 5.75 Å². The van der Waals surface area contributed by atoms with Gasteiger partial charge in [-0.15, -0.1) is 0 Å². The highest BCUT2D eigenvalue weighted by atomic mass is 16.5. The first-order valence-corrected chi connectivity index (χ1v) is 8.10. The van der Waals surface area contributed by atoms with Gasteiger partial charge in [0.15, 0.2) is 0 Å². The molecule has 1 aromatic rings. The number of rotatable bonds is 4. The van der Waals surface area contributed by atoms with Crippen molar-refractivity contribution >= 4 is 11.8 Å². The van der Waals surface area contributed by atoms with Crippen LogP contribution in [0.5, 0.6) is 5.75 Å². The van der Waals surface area contributed by atoms with Gasteiger partial charge in [-0.3, -0.25) is 14.5 Å². The van der Waals surface area contributed by atoms with E-state index in [0.717, 1.165) is 25.1 Å². The third kappa shape index (κ3) is 3.64. The summed E-state index contributed by atoms with van der Waals surface area (Å²) < 4.78 is 5.30. The zero-order valence-electron chi connectivity index (χ0n) is 13.5. The third-order valence-electron chi connectivity index (χ3n) is 4.57. The first kappa shape index (κ1) is 15.8. The van der Waals surface area contributed by atoms with E-state index in [9.17, 15) is 9.59 Å². The van der Waals surface area contributed by atoms with Crippen LogP contribution in [0, 0.1) is 0 Å². The Morgan fingerprint density at radius 1 is 1.39 bits per heavy atom. The molecule has 2 aliphatic rings. The second-order valence-corrected chi connectivity index (χ2v) is 6.07. The van der Waals surface area contributed by atoms with Gasteiger partial charge < -0.3 is 15.0 Å². The van der Waals surface area contributed by atoms with Crippen molar-refractivity contribution < 1.29 is 14.3 Å². The molecule has 1 atom stereocenters. The smallest absolute Gasteiger partial charge is 0.239 e. The van der Waals surface area contributed by atoms with Crippen LogP contribution in [0.2, 0.25) is 0 Å². The molecule has 2 fully saturated rings. The number of methoxy groups -OCH3 is 1. The second kappa shape index (κ2) is 7.00. The van der Waals surface area contributed by atoms with E-state index in [2.05, 4.69) is 16.3 Å². The number of piperazine rings is 1. The number of hydrogen-bond acceptors (Lipinski definition) is 4. The highest BCUT2D eigenvalue weighted by molar-refractivity contribution is 5.86. The van der Waals surface area contributed by atoms with E-state index in [4.69, 9.17) is 4.74 Å². The first-order chi connectivity index (χ1) is 11.2. The molecule has 3 rings (SSSR count). The highest BCUT2D eigenvalue weighted by Gasteiger charge is 2.30. The average Bonchev–Trinajstić information content (AvgIpc) is 3.03. The van der Waals surface area contributed by atoms with E-state index in [1.165, 1.54) is 5.56 Å². The van der Waals surface area contributed by atoms with Gasteiger partial charge in [-0.25, -0.2) is 0 Å². The zero-order valence-corrected chi connectivity index (χ0v) is 13.5. The molecule has 0 aliphatic carbocycles. The van der Waals surface area contributed by atoms with Crippen molar-refractivity contribution in [1.82, 2.24) is 15.1 Å². The Bertz CT molecular complexity index is 590. The largest absolute Gasteiger partial charge is 0.497 e. The van der Waals surface area contributed by atoms with Crippen molar-refractivity contribution in [3.05, 3.63) is 29.8 Å². The molecule has 2 amide bonds. The molecule has 1 aromatic carbocycles. The van der Waals surface area contributed by atoms with Crippen LogP contribution in [0.15, 0.2) is 24.3 Å². The average molecular weight is 317 g/mol. The van der Waals surface area contributed by atoms with E-state index >= 15 is 0 Å². The van der Waals surface area contributed by atoms with Crippen LogP contribution >= 0.6 is 0 Å². The van der Waals surface area contributed by atoms with Crippen molar-refractivity contribution in [2.24, 2.45) is 0 Å². The number of amides is 2. The van der Waals surface area contributed by atoms with Crippen LogP contribution in [-0.4, -0.2) is 61.4 Å². The summed E-state index contributed by atoms with van der Waals surface area (Å²) in [6, 6.07) is 8.29. The lowest BCUT2D eigenvalue weighted by molar-refractivity contribution is -0.139. The van der Waals surface area contributed by atoms with E-state index in [1.54, 1.807) is 12.0 Å². The van der Waals surface area contributed by atoms with Gasteiger partial charge in [0.1, 0.15) is 5.75 Å². The molecule has 0 aromatic heterocycles. The number of nitrogens with one attached hydrogen (secondary N) is 1. The summed E-state index contributed by atoms with van der Waals surface area (Å²) in [6.45, 7) is 2.60. The number of hydrogen-bond donors (Lipinski definition) is 1. The zero-order chi connectivity index (χ0) is 16.2. The minimum absolute atomic E-state index is 0.0367. The lowest BCUT2D eigenvalue weighted by atomic mass is 10.0. The monoisotopic (exact) mass is 317 g/mol. The quantitative estimate of drug-likeness (QED) is 0.892. The maximum Gasteiger partial charge on any atom is 0.239 e. The Labute approximate surface area is 136 Å². The molecular weight excluding hydrogens is 294 g/mol. The van der Waals surface area contributed by atoms with Crippen molar-refractivity contribution in [3.63, 3.8) is 0 Å². The summed E-state index contributed by atoms with van der Waals surface area (Å²) in [4.78, 5) is 27.8. The van der Waals surface area contributed by atoms with Gasteiger partial charge in [0.2, 0.25) is 11.8 Å². The lowest BCUT2D eigenvalue weighted by Gasteiger charge is -2.30. The number of ether oxygens (including phenoxy) is 1. The summed E-state index contributed by atoms with van der Waals surface area (Å²) >= 11 is 0. The van der Waals surface area contributed by atoms with Crippen molar-refractivity contribution in [1.29, 1.82) is 0 Å². The fourth-order valence-corrected chi connectivity index (χ4v) is 3.37. The molecule has 2 aliphatic heterocycles.